The number of primary amides is 1. The summed E-state index contributed by atoms with van der Waals surface area (Å²) in [5, 5.41) is 2.51. The minimum absolute atomic E-state index is 0.102. The van der Waals surface area contributed by atoms with E-state index < -0.39 is 17.7 Å². The van der Waals surface area contributed by atoms with Crippen molar-refractivity contribution >= 4 is 23.4 Å². The van der Waals surface area contributed by atoms with Gasteiger partial charge in [-0.25, -0.2) is 0 Å². The van der Waals surface area contributed by atoms with E-state index in [-0.39, 0.29) is 12.2 Å². The predicted molar refractivity (Wildman–Crippen MR) is 80.2 cm³/mol. The van der Waals surface area contributed by atoms with E-state index in [1.165, 1.54) is 29.2 Å². The summed E-state index contributed by atoms with van der Waals surface area (Å²) in [5.41, 5.74) is 5.90. The molecule has 2 rings (SSSR count). The molecule has 1 aromatic carbocycles. The van der Waals surface area contributed by atoms with Crippen LogP contribution in [0.25, 0.3) is 0 Å². The van der Waals surface area contributed by atoms with E-state index in [2.05, 4.69) is 5.32 Å². The number of rotatable bonds is 2. The van der Waals surface area contributed by atoms with Crippen molar-refractivity contribution in [1.29, 1.82) is 0 Å². The van der Waals surface area contributed by atoms with Gasteiger partial charge in [-0.1, -0.05) is 0 Å². The van der Waals surface area contributed by atoms with Crippen LogP contribution < -0.4 is 11.1 Å². The maximum atomic E-state index is 12.2. The molecule has 0 saturated carbocycles. The summed E-state index contributed by atoms with van der Waals surface area (Å²) in [7, 11) is 0. The Balaban J connectivity index is 1.99. The topological polar surface area (TPSA) is 102 Å². The average molecular weight is 305 g/mol. The molecule has 1 aliphatic rings. The van der Waals surface area contributed by atoms with Gasteiger partial charge in [0.15, 0.2) is 0 Å². The summed E-state index contributed by atoms with van der Waals surface area (Å²) in [5.74, 6) is -1.86. The molecule has 0 bridgehead atoms. The molecule has 7 heteroatoms. The quantitative estimate of drug-likeness (QED) is 0.770. The summed E-state index contributed by atoms with van der Waals surface area (Å²) in [6.45, 7) is 4.49. The maximum Gasteiger partial charge on any atom is 0.313 e. The van der Waals surface area contributed by atoms with Gasteiger partial charge in [0.05, 0.1) is 12.2 Å². The van der Waals surface area contributed by atoms with Crippen LogP contribution in [0.3, 0.4) is 0 Å². The fourth-order valence-corrected chi connectivity index (χ4v) is 2.39. The van der Waals surface area contributed by atoms with Crippen LogP contribution in [-0.4, -0.2) is 47.9 Å². The number of carbonyl (C=O) groups is 3. The van der Waals surface area contributed by atoms with Crippen LogP contribution in [0.5, 0.6) is 0 Å². The summed E-state index contributed by atoms with van der Waals surface area (Å²) in [4.78, 5) is 36.6. The van der Waals surface area contributed by atoms with Gasteiger partial charge in [0.25, 0.3) is 0 Å². The number of nitrogens with one attached hydrogen (secondary N) is 1. The second-order valence-corrected chi connectivity index (χ2v) is 5.36. The third-order valence-corrected chi connectivity index (χ3v) is 3.33. The molecule has 3 N–H and O–H groups in total. The number of ether oxygens (including phenoxy) is 1. The first-order chi connectivity index (χ1) is 10.4. The number of morpholine rings is 1. The largest absolute Gasteiger partial charge is 0.372 e. The third kappa shape index (κ3) is 3.82. The lowest BCUT2D eigenvalue weighted by atomic mass is 10.2. The number of amides is 3. The van der Waals surface area contributed by atoms with E-state index in [0.29, 0.717) is 24.3 Å². The normalized spacial score (nSPS) is 21.3. The Kier molecular flexibility index (Phi) is 4.77. The van der Waals surface area contributed by atoms with E-state index in [0.717, 1.165) is 0 Å². The molecule has 1 aromatic rings. The monoisotopic (exact) mass is 305 g/mol. The highest BCUT2D eigenvalue weighted by Crippen LogP contribution is 2.13. The molecule has 1 heterocycles. The van der Waals surface area contributed by atoms with Gasteiger partial charge >= 0.3 is 11.8 Å². The number of nitrogens with zero attached hydrogens (tertiary/aromatic N) is 1. The Morgan fingerprint density at radius 2 is 1.68 bits per heavy atom. The Morgan fingerprint density at radius 1 is 1.14 bits per heavy atom. The molecule has 7 nitrogen and oxygen atoms in total. The van der Waals surface area contributed by atoms with Gasteiger partial charge in [0.1, 0.15) is 0 Å². The van der Waals surface area contributed by atoms with Crippen molar-refractivity contribution in [1.82, 2.24) is 4.90 Å². The summed E-state index contributed by atoms with van der Waals surface area (Å²) in [6, 6.07) is 6.02. The standard InChI is InChI=1S/C15H19N3O4/c1-9-7-18(8-10(2)22-9)15(21)14(20)17-12-5-3-11(4-6-12)13(16)19/h3-6,9-10H,7-8H2,1-2H3,(H2,16,19)(H,17,20). The highest BCUT2D eigenvalue weighted by molar-refractivity contribution is 6.39. The summed E-state index contributed by atoms with van der Waals surface area (Å²) >= 11 is 0. The van der Waals surface area contributed by atoms with Gasteiger partial charge in [0, 0.05) is 24.3 Å². The minimum Gasteiger partial charge on any atom is -0.372 e. The van der Waals surface area contributed by atoms with E-state index >= 15 is 0 Å². The number of hydrogen-bond acceptors (Lipinski definition) is 4. The van der Waals surface area contributed by atoms with Crippen LogP contribution in [0.4, 0.5) is 5.69 Å². The van der Waals surface area contributed by atoms with Crippen molar-refractivity contribution in [2.75, 3.05) is 18.4 Å². The van der Waals surface area contributed by atoms with Gasteiger partial charge in [-0.2, -0.15) is 0 Å². The minimum atomic E-state index is -0.715. The third-order valence-electron chi connectivity index (χ3n) is 3.33. The van der Waals surface area contributed by atoms with Gasteiger partial charge < -0.3 is 20.7 Å². The Bertz CT molecular complexity index is 575. The number of carbonyl (C=O) groups excluding carboxylic acids is 3. The molecular weight excluding hydrogens is 286 g/mol. The molecule has 0 aromatic heterocycles. The van der Waals surface area contributed by atoms with Crippen LogP contribution in [0.2, 0.25) is 0 Å². The predicted octanol–water partition coefficient (Wildman–Crippen LogP) is 0.360. The molecule has 22 heavy (non-hydrogen) atoms. The number of benzene rings is 1. The van der Waals surface area contributed by atoms with E-state index in [9.17, 15) is 14.4 Å². The van der Waals surface area contributed by atoms with Gasteiger partial charge in [0.2, 0.25) is 5.91 Å². The van der Waals surface area contributed by atoms with Crippen molar-refractivity contribution in [2.45, 2.75) is 26.1 Å². The zero-order valence-electron chi connectivity index (χ0n) is 12.5. The molecule has 3 amide bonds. The van der Waals surface area contributed by atoms with E-state index in [4.69, 9.17) is 10.5 Å². The van der Waals surface area contributed by atoms with Crippen LogP contribution >= 0.6 is 0 Å². The van der Waals surface area contributed by atoms with Crippen molar-refractivity contribution < 1.29 is 19.1 Å². The van der Waals surface area contributed by atoms with Crippen LogP contribution in [0.15, 0.2) is 24.3 Å². The first kappa shape index (κ1) is 16.0. The van der Waals surface area contributed by atoms with E-state index in [1.54, 1.807) is 0 Å². The molecule has 0 radical (unpaired) electrons. The lowest BCUT2D eigenvalue weighted by Gasteiger charge is -2.34. The molecule has 0 spiro atoms. The van der Waals surface area contributed by atoms with Crippen LogP contribution in [0, 0.1) is 0 Å². The fraction of sp³-hybridized carbons (Fsp3) is 0.400. The number of nitrogens with two attached hydrogens (primary N) is 1. The van der Waals surface area contributed by atoms with Crippen molar-refractivity contribution in [3.8, 4) is 0 Å². The molecule has 1 fully saturated rings. The molecule has 118 valence electrons. The van der Waals surface area contributed by atoms with Gasteiger partial charge in [-0.15, -0.1) is 0 Å². The Hall–Kier alpha value is -2.41. The molecule has 2 unspecified atom stereocenters. The zero-order chi connectivity index (χ0) is 16.3. The summed E-state index contributed by atoms with van der Waals surface area (Å²) < 4.78 is 5.53. The van der Waals surface area contributed by atoms with Gasteiger partial charge in [-0.3, -0.25) is 14.4 Å². The van der Waals surface area contributed by atoms with E-state index in [1.807, 2.05) is 13.8 Å². The molecule has 1 saturated heterocycles. The molecule has 2 atom stereocenters. The average Bonchev–Trinajstić information content (AvgIpc) is 2.46. The lowest BCUT2D eigenvalue weighted by Crippen LogP contribution is -2.51. The van der Waals surface area contributed by atoms with Crippen molar-refractivity contribution in [2.24, 2.45) is 5.73 Å². The first-order valence-corrected chi connectivity index (χ1v) is 7.02. The molecule has 0 aliphatic carbocycles. The SMILES string of the molecule is CC1CN(C(=O)C(=O)Nc2ccc(C(N)=O)cc2)CC(C)O1. The number of anilines is 1. The second-order valence-electron chi connectivity index (χ2n) is 5.36. The second kappa shape index (κ2) is 6.57. The van der Waals surface area contributed by atoms with Gasteiger partial charge in [-0.05, 0) is 38.1 Å². The fourth-order valence-electron chi connectivity index (χ4n) is 2.39. The Labute approximate surface area is 128 Å². The van der Waals surface area contributed by atoms with Crippen molar-refractivity contribution in [3.05, 3.63) is 29.8 Å². The van der Waals surface area contributed by atoms with Crippen LogP contribution in [-0.2, 0) is 14.3 Å². The molecule has 1 aliphatic heterocycles. The van der Waals surface area contributed by atoms with Crippen LogP contribution in [0.1, 0.15) is 24.2 Å². The maximum absolute atomic E-state index is 12.2. The Morgan fingerprint density at radius 3 is 2.18 bits per heavy atom. The smallest absolute Gasteiger partial charge is 0.313 e. The summed E-state index contributed by atoms with van der Waals surface area (Å²) in [6.07, 6.45) is -0.203. The highest BCUT2D eigenvalue weighted by Gasteiger charge is 2.29. The highest BCUT2D eigenvalue weighted by atomic mass is 16.5. The molecular formula is C15H19N3O4. The first-order valence-electron chi connectivity index (χ1n) is 7.02. The number of hydrogen-bond donors (Lipinski definition) is 2. The lowest BCUT2D eigenvalue weighted by molar-refractivity contribution is -0.151. The zero-order valence-corrected chi connectivity index (χ0v) is 12.5. The van der Waals surface area contributed by atoms with Crippen molar-refractivity contribution in [3.63, 3.8) is 0 Å².